The van der Waals surface area contributed by atoms with Crippen molar-refractivity contribution in [3.63, 3.8) is 0 Å². The quantitative estimate of drug-likeness (QED) is 0.390. The minimum absolute atomic E-state index is 0.183. The van der Waals surface area contributed by atoms with E-state index in [1.54, 1.807) is 26.0 Å². The number of nitrogens with one attached hydrogen (secondary N) is 2. The maximum Gasteiger partial charge on any atom is 0.344 e. The number of halogens is 1. The third kappa shape index (κ3) is 5.78. The topological polar surface area (TPSA) is 95.1 Å². The Morgan fingerprint density at radius 3 is 2.44 bits per heavy atom. The Balaban J connectivity index is 2.08. The van der Waals surface area contributed by atoms with E-state index in [4.69, 9.17) is 42.8 Å². The smallest absolute Gasteiger partial charge is 0.344 e. The fourth-order valence-electron chi connectivity index (χ4n) is 3.46. The number of hydrogen-bond donors (Lipinski definition) is 2. The molecule has 0 saturated carbocycles. The molecule has 2 aromatic rings. The zero-order valence-electron chi connectivity index (χ0n) is 19.0. The largest absolute Gasteiger partial charge is 0.493 e. The average molecular weight is 505 g/mol. The highest BCUT2D eigenvalue weighted by Crippen LogP contribution is 2.41. The van der Waals surface area contributed by atoms with Crippen molar-refractivity contribution in [1.82, 2.24) is 10.6 Å². The second kappa shape index (κ2) is 11.7. The summed E-state index contributed by atoms with van der Waals surface area (Å²) in [4.78, 5) is 24.8. The van der Waals surface area contributed by atoms with E-state index in [1.807, 2.05) is 30.3 Å². The van der Waals surface area contributed by atoms with Gasteiger partial charge in [-0.05, 0) is 49.3 Å². The van der Waals surface area contributed by atoms with Crippen LogP contribution in [0.25, 0.3) is 5.70 Å². The second-order valence-electron chi connectivity index (χ2n) is 7.03. The number of ether oxygens (including phenoxy) is 4. The molecule has 1 heterocycles. The minimum Gasteiger partial charge on any atom is -0.493 e. The van der Waals surface area contributed by atoms with E-state index in [-0.39, 0.29) is 36.3 Å². The van der Waals surface area contributed by atoms with Gasteiger partial charge < -0.3 is 29.6 Å². The molecule has 1 atom stereocenters. The van der Waals surface area contributed by atoms with Gasteiger partial charge in [0.25, 0.3) is 0 Å². The van der Waals surface area contributed by atoms with Crippen LogP contribution in [0.2, 0.25) is 5.02 Å². The monoisotopic (exact) mass is 504 g/mol. The first-order chi connectivity index (χ1) is 16.4. The van der Waals surface area contributed by atoms with Crippen molar-refractivity contribution in [3.05, 3.63) is 64.2 Å². The van der Waals surface area contributed by atoms with Crippen LogP contribution in [0.5, 0.6) is 11.5 Å². The summed E-state index contributed by atoms with van der Waals surface area (Å²) in [6.07, 6.45) is 0. The summed E-state index contributed by atoms with van der Waals surface area (Å²) in [6, 6.07) is 11.9. The second-order valence-corrected chi connectivity index (χ2v) is 7.85. The van der Waals surface area contributed by atoms with Gasteiger partial charge in [0.15, 0.2) is 23.2 Å². The summed E-state index contributed by atoms with van der Waals surface area (Å²) in [5, 5.41) is 6.72. The van der Waals surface area contributed by atoms with Crippen LogP contribution in [-0.4, -0.2) is 44.0 Å². The normalized spacial score (nSPS) is 15.2. The Kier molecular flexibility index (Phi) is 8.72. The van der Waals surface area contributed by atoms with Crippen LogP contribution in [0.4, 0.5) is 0 Å². The Morgan fingerprint density at radius 1 is 1.09 bits per heavy atom. The molecular formula is C24H25ClN2O6S. The molecular weight excluding hydrogens is 480 g/mol. The van der Waals surface area contributed by atoms with Gasteiger partial charge in [-0.2, -0.15) is 0 Å². The summed E-state index contributed by atoms with van der Waals surface area (Å²) in [6.45, 7) is 3.55. The molecule has 180 valence electrons. The highest BCUT2D eigenvalue weighted by atomic mass is 35.5. The first-order valence-corrected chi connectivity index (χ1v) is 11.4. The molecule has 1 aliphatic heterocycles. The van der Waals surface area contributed by atoms with Crippen molar-refractivity contribution in [3.8, 4) is 11.5 Å². The molecule has 0 aliphatic carbocycles. The van der Waals surface area contributed by atoms with Crippen molar-refractivity contribution in [1.29, 1.82) is 0 Å². The maximum absolute atomic E-state index is 13.1. The third-order valence-electron chi connectivity index (χ3n) is 4.85. The number of methoxy groups -OCH3 is 1. The lowest BCUT2D eigenvalue weighted by atomic mass is 9.92. The lowest BCUT2D eigenvalue weighted by Gasteiger charge is -2.31. The van der Waals surface area contributed by atoms with Crippen molar-refractivity contribution in [2.75, 3.05) is 26.9 Å². The number of carbonyl (C=O) groups excluding carboxylic acids is 2. The van der Waals surface area contributed by atoms with Gasteiger partial charge in [0.05, 0.1) is 42.7 Å². The van der Waals surface area contributed by atoms with E-state index >= 15 is 0 Å². The van der Waals surface area contributed by atoms with Gasteiger partial charge in [-0.3, -0.25) is 0 Å². The van der Waals surface area contributed by atoms with E-state index in [2.05, 4.69) is 10.6 Å². The van der Waals surface area contributed by atoms with Crippen LogP contribution in [0, 0.1) is 0 Å². The molecule has 0 saturated heterocycles. The van der Waals surface area contributed by atoms with E-state index in [1.165, 1.54) is 7.11 Å². The third-order valence-corrected chi connectivity index (χ3v) is 5.36. The predicted octanol–water partition coefficient (Wildman–Crippen LogP) is 3.78. The summed E-state index contributed by atoms with van der Waals surface area (Å²) in [5.74, 6) is -0.577. The van der Waals surface area contributed by atoms with Crippen molar-refractivity contribution < 1.29 is 28.5 Å². The highest BCUT2D eigenvalue weighted by Gasteiger charge is 2.34. The van der Waals surface area contributed by atoms with Gasteiger partial charge in [0.1, 0.15) is 0 Å². The highest BCUT2D eigenvalue weighted by molar-refractivity contribution is 7.80. The SMILES string of the molecule is CCOC(=O)COc1c(Cl)cc(C2NC(=S)NC(c3ccccc3)=C2C(=O)OCC)cc1OC. The van der Waals surface area contributed by atoms with Crippen molar-refractivity contribution in [2.45, 2.75) is 19.9 Å². The number of carbonyl (C=O) groups is 2. The molecule has 0 spiro atoms. The molecule has 1 aliphatic rings. The lowest BCUT2D eigenvalue weighted by Crippen LogP contribution is -2.45. The lowest BCUT2D eigenvalue weighted by molar-refractivity contribution is -0.145. The Bertz CT molecular complexity index is 1110. The first kappa shape index (κ1) is 25.3. The van der Waals surface area contributed by atoms with E-state index < -0.39 is 18.0 Å². The average Bonchev–Trinajstić information content (AvgIpc) is 2.83. The van der Waals surface area contributed by atoms with Gasteiger partial charge in [0, 0.05) is 0 Å². The van der Waals surface area contributed by atoms with Crippen molar-refractivity contribution in [2.24, 2.45) is 0 Å². The summed E-state index contributed by atoms with van der Waals surface area (Å²) >= 11 is 11.9. The standard InChI is InChI=1S/C24H25ClN2O6S/c1-4-31-18(28)13-33-22-16(25)11-15(12-17(22)30-3)21-19(23(29)32-5-2)20(26-24(34)27-21)14-9-7-6-8-10-14/h6-12,21H,4-5,13H2,1-3H3,(H2,26,27,34). The van der Waals surface area contributed by atoms with E-state index in [0.29, 0.717) is 21.9 Å². The molecule has 2 N–H and O–H groups in total. The molecule has 0 aromatic heterocycles. The van der Waals surface area contributed by atoms with Crippen LogP contribution >= 0.6 is 23.8 Å². The number of thiocarbonyl (C=S) groups is 1. The van der Waals surface area contributed by atoms with Crippen LogP contribution < -0.4 is 20.1 Å². The number of esters is 2. The fraction of sp³-hybridized carbons (Fsp3) is 0.292. The Labute approximate surface area is 208 Å². The number of hydrogen-bond acceptors (Lipinski definition) is 7. The molecule has 3 rings (SSSR count). The van der Waals surface area contributed by atoms with Gasteiger partial charge >= 0.3 is 11.9 Å². The van der Waals surface area contributed by atoms with E-state index in [0.717, 1.165) is 5.56 Å². The summed E-state index contributed by atoms with van der Waals surface area (Å²) in [5.41, 5.74) is 2.23. The Hall–Kier alpha value is -3.30. The van der Waals surface area contributed by atoms with Gasteiger partial charge in [-0.1, -0.05) is 41.9 Å². The van der Waals surface area contributed by atoms with Gasteiger partial charge in [0.2, 0.25) is 0 Å². The predicted molar refractivity (Wildman–Crippen MR) is 132 cm³/mol. The van der Waals surface area contributed by atoms with Gasteiger partial charge in [-0.15, -0.1) is 0 Å². The zero-order chi connectivity index (χ0) is 24.7. The minimum atomic E-state index is -0.687. The molecule has 0 radical (unpaired) electrons. The Morgan fingerprint density at radius 2 is 1.79 bits per heavy atom. The molecule has 10 heteroatoms. The van der Waals surface area contributed by atoms with Crippen LogP contribution in [0.3, 0.4) is 0 Å². The number of rotatable bonds is 9. The van der Waals surface area contributed by atoms with Gasteiger partial charge in [-0.25, -0.2) is 9.59 Å². The first-order valence-electron chi connectivity index (χ1n) is 10.6. The van der Waals surface area contributed by atoms with Crippen molar-refractivity contribution >= 4 is 46.6 Å². The molecule has 0 fully saturated rings. The summed E-state index contributed by atoms with van der Waals surface area (Å²) < 4.78 is 21.3. The fourth-order valence-corrected chi connectivity index (χ4v) is 3.95. The zero-order valence-corrected chi connectivity index (χ0v) is 20.5. The maximum atomic E-state index is 13.1. The molecule has 0 amide bonds. The molecule has 8 nitrogen and oxygen atoms in total. The van der Waals surface area contributed by atoms with Crippen LogP contribution in [0.15, 0.2) is 48.0 Å². The number of benzene rings is 2. The van der Waals surface area contributed by atoms with Crippen LogP contribution in [-0.2, 0) is 19.1 Å². The molecule has 1 unspecified atom stereocenters. The molecule has 0 bridgehead atoms. The van der Waals surface area contributed by atoms with E-state index in [9.17, 15) is 9.59 Å². The molecule has 34 heavy (non-hydrogen) atoms. The summed E-state index contributed by atoms with van der Waals surface area (Å²) in [7, 11) is 1.45. The van der Waals surface area contributed by atoms with Crippen LogP contribution in [0.1, 0.15) is 31.0 Å². The molecule has 2 aromatic carbocycles.